The number of hydrogen-bond donors (Lipinski definition) is 11. The summed E-state index contributed by atoms with van der Waals surface area (Å²) < 4.78 is 123. The van der Waals surface area contributed by atoms with Gasteiger partial charge in [-0.3, -0.25) is 24.3 Å². The number of phosphoric ester groups is 1. The minimum Gasteiger partial charge on any atom is -0.478 e. The highest BCUT2D eigenvalue weighted by atomic mass is 33.1. The normalized spacial score (nSPS) is 16.3. The lowest BCUT2D eigenvalue weighted by molar-refractivity contribution is -0.172. The zero-order valence-corrected chi connectivity index (χ0v) is 52.8. The third-order valence-electron chi connectivity index (χ3n) is 11.2. The first kappa shape index (κ1) is 73.7. The molecule has 2 amide bonds. The van der Waals surface area contributed by atoms with E-state index in [1.54, 1.807) is 64.1 Å². The molecule has 32 nitrogen and oxygen atoms in total. The van der Waals surface area contributed by atoms with Gasteiger partial charge < -0.3 is 65.0 Å². The van der Waals surface area contributed by atoms with E-state index in [0.717, 1.165) is 29.4 Å². The van der Waals surface area contributed by atoms with Crippen LogP contribution in [0, 0.1) is 11.8 Å². The highest BCUT2D eigenvalue weighted by Crippen LogP contribution is 2.66. The number of hydrogen-bond acceptors (Lipinski definition) is 25. The number of H-pyrrole nitrogens is 1. The lowest BCUT2D eigenvalue weighted by Gasteiger charge is -2.21. The molecule has 6 rings (SSSR count). The second kappa shape index (κ2) is 35.4. The number of phosphoric acid groups is 3. The van der Waals surface area contributed by atoms with Gasteiger partial charge >= 0.3 is 62.4 Å². The van der Waals surface area contributed by atoms with E-state index < -0.39 is 102 Å². The van der Waals surface area contributed by atoms with Crippen LogP contribution in [0.4, 0.5) is 10.5 Å². The van der Waals surface area contributed by atoms with Gasteiger partial charge in [-0.15, -0.1) is 25.3 Å². The molecule has 1 fully saturated rings. The molecule has 1 saturated heterocycles. The van der Waals surface area contributed by atoms with Crippen molar-refractivity contribution in [3.05, 3.63) is 110 Å². The summed E-state index contributed by atoms with van der Waals surface area (Å²) >= 11 is 5.31. The fourth-order valence-electron chi connectivity index (χ4n) is 7.61. The van der Waals surface area contributed by atoms with E-state index in [1.165, 1.54) is 0 Å². The first-order valence-electron chi connectivity index (χ1n) is 24.7. The van der Waals surface area contributed by atoms with E-state index in [4.69, 9.17) is 80.5 Å². The molecule has 6 atom stereocenters. The van der Waals surface area contributed by atoms with Crippen molar-refractivity contribution in [2.24, 2.45) is 0 Å². The van der Waals surface area contributed by atoms with Crippen molar-refractivity contribution >= 4 is 121 Å². The van der Waals surface area contributed by atoms with Gasteiger partial charge in [0.15, 0.2) is 5.36 Å². The van der Waals surface area contributed by atoms with Crippen LogP contribution in [-0.2, 0) is 82.9 Å². The van der Waals surface area contributed by atoms with Crippen molar-refractivity contribution in [1.82, 2.24) is 25.5 Å². The number of carboxylic acids is 1. The highest BCUT2D eigenvalue weighted by Gasteiger charge is 2.44. The number of nitrogens with two attached hydrogens (primary N) is 2. The summed E-state index contributed by atoms with van der Waals surface area (Å²) in [4.78, 5) is 89.5. The molecule has 0 radical (unpaired) electrons. The highest BCUT2D eigenvalue weighted by molar-refractivity contribution is 8.76. The number of benzene rings is 3. The topological polar surface area (TPSA) is 500 Å². The van der Waals surface area contributed by atoms with Crippen LogP contribution in [0.1, 0.15) is 60.3 Å². The first-order valence-corrected chi connectivity index (χ1v) is 36.2. The predicted molar refractivity (Wildman–Crippen MR) is 319 cm³/mol. The molecule has 3 aromatic rings. The summed E-state index contributed by atoms with van der Waals surface area (Å²) in [5, 5.41) is 26.1. The fourth-order valence-corrected chi connectivity index (χ4v) is 12.9. The van der Waals surface area contributed by atoms with Crippen molar-refractivity contribution in [3.8, 4) is 34.3 Å². The summed E-state index contributed by atoms with van der Waals surface area (Å²) in [6, 6.07) is 15.1. The largest absolute Gasteiger partial charge is 0.490 e. The van der Waals surface area contributed by atoms with Gasteiger partial charge in [-0.1, -0.05) is 62.5 Å². The van der Waals surface area contributed by atoms with Crippen LogP contribution in [-0.4, -0.2) is 140 Å². The standard InChI is InChI=1S/C46H56N7O19P3S4.2O3S/c1-3-79(76)27-67-39-23-41(70-40(39)25-68-74(62,63)72-75(64,65)71-73(59,60)61)53-24-30(43(54)52-46(53)58)8-7-16-51-45(57)50-15-5-4-6-18-66-26-78-77-19-17-49-28(2)29-9-12-33(44(55)56)36(20-29)42-34-13-10-31(47)21-37(34)69-38-22-32(48)11-14-35(38)42;2*1-4(2)3/h9-14,20-22,24,39-41,47,49H,2-6,15-19,23,25-27,48H2,1H3,(H,55,56)(H,62,63)(H,64,65)(H2,50,51,57)(H,52,54,58)(H2,59,60,61);;/p+1/t39-,40-,41-,79?;;/m1../s1. The molecule has 0 spiro atoms. The number of nitrogens with zero attached hydrogens (tertiary/aromatic N) is 1. The number of unbranched alkanes of at least 4 members (excludes halogenated alkanes) is 2. The maximum atomic E-state index is 12.9. The van der Waals surface area contributed by atoms with Crippen LogP contribution >= 0.6 is 45.1 Å². The van der Waals surface area contributed by atoms with E-state index in [1.807, 2.05) is 19.1 Å². The van der Waals surface area contributed by atoms with E-state index in [9.17, 15) is 47.8 Å². The number of carbonyl (C=O) groups is 2. The number of nitrogen functional groups attached to an aromatic ring is 1. The molecular formula is C46H57N7O25P3S6+. The summed E-state index contributed by atoms with van der Waals surface area (Å²) in [6.07, 6.45) is -0.148. The van der Waals surface area contributed by atoms with E-state index >= 15 is 0 Å². The summed E-state index contributed by atoms with van der Waals surface area (Å²) in [6.45, 7) is 6.48. The number of aromatic nitrogens is 2. The summed E-state index contributed by atoms with van der Waals surface area (Å²) in [7, 11) is -20.6. The number of carboxylic acid groups (broad SMARTS) is 1. The number of nitrogens with one attached hydrogen (secondary N) is 4. The van der Waals surface area contributed by atoms with Crippen molar-refractivity contribution in [2.45, 2.75) is 51.0 Å². The Morgan fingerprint density at radius 1 is 0.920 bits per heavy atom. The number of urea groups is 1. The first-order chi connectivity index (χ1) is 40.9. The Bertz CT molecular complexity index is 3880. The van der Waals surface area contributed by atoms with Gasteiger partial charge in [0, 0.05) is 78.1 Å². The Morgan fingerprint density at radius 2 is 1.63 bits per heavy atom. The van der Waals surface area contributed by atoms with Gasteiger partial charge in [0.25, 0.3) is 5.56 Å². The second-order valence-electron chi connectivity index (χ2n) is 17.3. The maximum Gasteiger partial charge on any atom is 0.490 e. The number of carbonyl (C=O) groups excluding carboxylic acids is 1. The Labute approximate surface area is 511 Å². The van der Waals surface area contributed by atoms with Gasteiger partial charge in [-0.05, 0) is 77.7 Å². The van der Waals surface area contributed by atoms with Gasteiger partial charge in [-0.2, -0.15) is 8.62 Å². The molecule has 41 heteroatoms. The Balaban J connectivity index is 0.00000190. The zero-order valence-electron chi connectivity index (χ0n) is 45.2. The van der Waals surface area contributed by atoms with Crippen LogP contribution in [0.25, 0.3) is 39.1 Å². The van der Waals surface area contributed by atoms with Crippen molar-refractivity contribution in [3.63, 3.8) is 0 Å². The number of aromatic amines is 1. The molecule has 0 bridgehead atoms. The maximum absolute atomic E-state index is 12.9. The molecule has 476 valence electrons. The molecule has 0 saturated carbocycles. The Hall–Kier alpha value is -5.75. The van der Waals surface area contributed by atoms with Crippen LogP contribution < -0.4 is 43.7 Å². The Morgan fingerprint density at radius 3 is 2.31 bits per heavy atom. The van der Waals surface area contributed by atoms with E-state index in [0.29, 0.717) is 93.5 Å². The minimum atomic E-state index is -5.80. The molecule has 13 N–H and O–H groups in total. The SMILES string of the molecule is C=C(NCCSSCOCCCCCNC(=O)NCC#Cc1cn([C@H]2C[C@@H](OCS(=S)CC)[C@@H](COP(=O)(O)OP(=O)(O)OP(=O)(O)O)O2)c(=O)[nH]c1=O)c1ccc(C(=O)O)c(-c2c3ccc(=[NH2+])cc-3oc3cc(N)ccc23)c1.O=S(=O)=O.O=S(=O)=O. The van der Waals surface area contributed by atoms with Crippen LogP contribution in [0.3, 0.4) is 0 Å². The average molecular weight is 1390 g/mol. The molecule has 87 heavy (non-hydrogen) atoms. The van der Waals surface area contributed by atoms with Gasteiger partial charge in [-0.25, -0.2) is 28.1 Å². The number of amides is 2. The zero-order chi connectivity index (χ0) is 64.6. The lowest BCUT2D eigenvalue weighted by atomic mass is 9.89. The molecule has 1 aromatic heterocycles. The fraction of sp³-hybridized carbons (Fsp3) is 0.370. The van der Waals surface area contributed by atoms with E-state index in [-0.39, 0.29) is 30.0 Å². The number of anilines is 1. The number of aromatic carboxylic acids is 1. The number of fused-ring (bicyclic) bond motifs is 2. The van der Waals surface area contributed by atoms with Crippen LogP contribution in [0.2, 0.25) is 0 Å². The second-order valence-corrected chi connectivity index (χ2v) is 28.2. The molecule has 3 aliphatic rings. The van der Waals surface area contributed by atoms with E-state index in [2.05, 4.69) is 48.0 Å². The molecule has 2 aliphatic heterocycles. The number of ether oxygens (including phenoxy) is 3. The summed E-state index contributed by atoms with van der Waals surface area (Å²) in [5.41, 5.74) is 8.40. The van der Waals surface area contributed by atoms with Crippen LogP contribution in [0.5, 0.6) is 0 Å². The van der Waals surface area contributed by atoms with Crippen molar-refractivity contribution in [1.29, 1.82) is 0 Å². The molecule has 3 heterocycles. The third kappa shape index (κ3) is 26.1. The van der Waals surface area contributed by atoms with Gasteiger partial charge in [0.05, 0.1) is 36.8 Å². The molecule has 2 aromatic carbocycles. The Kier molecular flexibility index (Phi) is 30.0. The van der Waals surface area contributed by atoms with Crippen LogP contribution in [0.15, 0.2) is 81.4 Å². The quantitative estimate of drug-likeness (QED) is 0.00614. The minimum absolute atomic E-state index is 0.0347. The monoisotopic (exact) mass is 1390 g/mol. The predicted octanol–water partition coefficient (Wildman–Crippen LogP) is 1.50. The third-order valence-corrected chi connectivity index (χ3v) is 19.1. The summed E-state index contributed by atoms with van der Waals surface area (Å²) in [5.74, 6) is 6.42. The van der Waals surface area contributed by atoms with Gasteiger partial charge in [0.2, 0.25) is 0 Å². The average Bonchev–Trinajstić information content (AvgIpc) is 1.13. The molecule has 3 unspecified atom stereocenters. The lowest BCUT2D eigenvalue weighted by Crippen LogP contribution is -2.44. The smallest absolute Gasteiger partial charge is 0.478 e. The van der Waals surface area contributed by atoms with Gasteiger partial charge in [0.1, 0.15) is 35.2 Å². The van der Waals surface area contributed by atoms with Crippen molar-refractivity contribution < 1.29 is 110 Å². The van der Waals surface area contributed by atoms with Crippen molar-refractivity contribution in [2.75, 3.05) is 62.0 Å². The number of rotatable bonds is 29. The molecule has 1 aliphatic carbocycles. The molecular weight excluding hydrogens is 1340 g/mol.